The maximum Gasteiger partial charge on any atom is 0.324 e. The van der Waals surface area contributed by atoms with E-state index < -0.39 is 19.4 Å². The van der Waals surface area contributed by atoms with Crippen LogP contribution in [-0.4, -0.2) is 63.4 Å². The number of anilines is 1. The summed E-state index contributed by atoms with van der Waals surface area (Å²) in [7, 11) is 0. The molecular formula is C23H26F2N6O2. The van der Waals surface area contributed by atoms with Crippen LogP contribution in [0.15, 0.2) is 35.0 Å². The van der Waals surface area contributed by atoms with Crippen LogP contribution in [0.3, 0.4) is 0 Å². The van der Waals surface area contributed by atoms with Gasteiger partial charge in [-0.2, -0.15) is 0 Å². The normalized spacial score (nSPS) is 22.3. The average molecular weight is 456 g/mol. The number of hydrogen-bond acceptors (Lipinski definition) is 6. The molecule has 0 spiro atoms. The Balaban J connectivity index is 1.29. The number of nitrogens with one attached hydrogen (secondary N) is 2. The van der Waals surface area contributed by atoms with E-state index in [1.807, 2.05) is 23.1 Å². The number of carbonyl (C=O) groups excluding carboxylic acids is 1. The summed E-state index contributed by atoms with van der Waals surface area (Å²) in [6, 6.07) is 4.74. The first-order valence-electron chi connectivity index (χ1n) is 11.2. The fraction of sp³-hybridized carbons (Fsp3) is 0.478. The minimum absolute atomic E-state index is 0.0121. The minimum atomic E-state index is -0.772. The standard InChI is InChI=1S/C23H26F2N6O2/c1-13-26-12-21(33-13)14-2-3-15-11-27-22(29-20(15)6-14)30-23(32)31-18-4-5-19(31)8-16(7-18)28-17(9-24)10-25/h2-3,6,11-12,16-19,28H,4-5,7-10H2,1H3,(H,27,29,30,32)/t16?,18-,19+. The van der Waals surface area contributed by atoms with Gasteiger partial charge in [0.15, 0.2) is 11.7 Å². The first-order valence-corrected chi connectivity index (χ1v) is 11.2. The number of rotatable bonds is 6. The molecule has 4 heterocycles. The van der Waals surface area contributed by atoms with Crippen molar-refractivity contribution in [3.8, 4) is 11.3 Å². The summed E-state index contributed by atoms with van der Waals surface area (Å²) in [5.74, 6) is 1.46. The lowest BCUT2D eigenvalue weighted by atomic mass is 9.97. The van der Waals surface area contributed by atoms with Crippen molar-refractivity contribution < 1.29 is 18.0 Å². The highest BCUT2D eigenvalue weighted by atomic mass is 19.1. The van der Waals surface area contributed by atoms with E-state index in [-0.39, 0.29) is 30.1 Å². The third kappa shape index (κ3) is 4.39. The monoisotopic (exact) mass is 456 g/mol. The van der Waals surface area contributed by atoms with E-state index in [4.69, 9.17) is 4.42 Å². The average Bonchev–Trinajstić information content (AvgIpc) is 3.37. The van der Waals surface area contributed by atoms with Crippen molar-refractivity contribution in [3.63, 3.8) is 0 Å². The third-order valence-electron chi connectivity index (χ3n) is 6.52. The van der Waals surface area contributed by atoms with Crippen LogP contribution in [0.1, 0.15) is 31.6 Å². The summed E-state index contributed by atoms with van der Waals surface area (Å²) in [6.45, 7) is 0.319. The van der Waals surface area contributed by atoms with E-state index in [9.17, 15) is 13.6 Å². The number of aromatic nitrogens is 3. The van der Waals surface area contributed by atoms with Crippen LogP contribution >= 0.6 is 0 Å². The number of nitrogens with zero attached hydrogens (tertiary/aromatic N) is 4. The van der Waals surface area contributed by atoms with E-state index in [1.54, 1.807) is 19.3 Å². The molecule has 0 saturated carbocycles. The number of piperidine rings is 1. The van der Waals surface area contributed by atoms with Crippen LogP contribution in [-0.2, 0) is 0 Å². The molecule has 0 radical (unpaired) electrons. The molecule has 0 aliphatic carbocycles. The molecule has 2 fully saturated rings. The number of benzene rings is 1. The second-order valence-electron chi connectivity index (χ2n) is 8.77. The SMILES string of the molecule is Cc1ncc(-c2ccc3cnc(NC(=O)N4[C@@H]5CC[C@H]4CC(NC(CF)CF)C5)nc3c2)o1. The Bertz CT molecular complexity index is 1140. The van der Waals surface area contributed by atoms with E-state index in [0.29, 0.717) is 30.0 Å². The van der Waals surface area contributed by atoms with Crippen molar-refractivity contribution >= 4 is 22.9 Å². The van der Waals surface area contributed by atoms with Crippen molar-refractivity contribution in [1.82, 2.24) is 25.2 Å². The van der Waals surface area contributed by atoms with E-state index >= 15 is 0 Å². The van der Waals surface area contributed by atoms with Crippen LogP contribution in [0.2, 0.25) is 0 Å². The molecule has 3 atom stereocenters. The highest BCUT2D eigenvalue weighted by Crippen LogP contribution is 2.36. The van der Waals surface area contributed by atoms with E-state index in [2.05, 4.69) is 25.6 Å². The first kappa shape index (κ1) is 21.7. The van der Waals surface area contributed by atoms with Crippen LogP contribution in [0, 0.1) is 6.92 Å². The predicted octanol–water partition coefficient (Wildman–Crippen LogP) is 4.02. The molecule has 8 nitrogen and oxygen atoms in total. The second kappa shape index (κ2) is 9.01. The number of carbonyl (C=O) groups is 1. The summed E-state index contributed by atoms with van der Waals surface area (Å²) in [5.41, 5.74) is 1.52. The van der Waals surface area contributed by atoms with Crippen LogP contribution in [0.25, 0.3) is 22.2 Å². The van der Waals surface area contributed by atoms with Gasteiger partial charge in [0.05, 0.1) is 17.8 Å². The highest BCUT2D eigenvalue weighted by molar-refractivity contribution is 5.90. The van der Waals surface area contributed by atoms with Gasteiger partial charge in [-0.3, -0.25) is 5.32 Å². The highest BCUT2D eigenvalue weighted by Gasteiger charge is 2.43. The van der Waals surface area contributed by atoms with Gasteiger partial charge in [-0.25, -0.2) is 28.5 Å². The van der Waals surface area contributed by atoms with Crippen molar-refractivity contribution in [2.24, 2.45) is 0 Å². The summed E-state index contributed by atoms with van der Waals surface area (Å²) in [4.78, 5) is 27.9. The van der Waals surface area contributed by atoms with Gasteiger partial charge in [-0.15, -0.1) is 0 Å². The third-order valence-corrected chi connectivity index (χ3v) is 6.52. The maximum absolute atomic E-state index is 13.1. The smallest absolute Gasteiger partial charge is 0.324 e. The first-order chi connectivity index (χ1) is 16.0. The van der Waals surface area contributed by atoms with Crippen molar-refractivity contribution in [2.45, 2.75) is 56.8 Å². The Kier molecular flexibility index (Phi) is 5.92. The lowest BCUT2D eigenvalue weighted by Gasteiger charge is -2.39. The number of urea groups is 1. The predicted molar refractivity (Wildman–Crippen MR) is 119 cm³/mol. The molecule has 2 saturated heterocycles. The lowest BCUT2D eigenvalue weighted by Crippen LogP contribution is -2.54. The van der Waals surface area contributed by atoms with Gasteiger partial charge in [-0.1, -0.05) is 12.1 Å². The fourth-order valence-corrected chi connectivity index (χ4v) is 5.00. The Labute approximate surface area is 189 Å². The molecule has 2 N–H and O–H groups in total. The maximum atomic E-state index is 13.1. The Hall–Kier alpha value is -3.14. The van der Waals surface area contributed by atoms with Gasteiger partial charge in [-0.05, 0) is 31.7 Å². The van der Waals surface area contributed by atoms with E-state index in [1.165, 1.54) is 0 Å². The number of alkyl halides is 2. The lowest BCUT2D eigenvalue weighted by molar-refractivity contribution is 0.133. The molecule has 10 heteroatoms. The van der Waals surface area contributed by atoms with E-state index in [0.717, 1.165) is 23.8 Å². The molecule has 174 valence electrons. The number of halogens is 2. The van der Waals surface area contributed by atoms with Gasteiger partial charge >= 0.3 is 6.03 Å². The molecule has 1 unspecified atom stereocenters. The molecule has 2 aliphatic rings. The number of fused-ring (bicyclic) bond motifs is 3. The van der Waals surface area contributed by atoms with Gasteiger partial charge in [0.1, 0.15) is 13.3 Å². The largest absolute Gasteiger partial charge is 0.441 e. The summed E-state index contributed by atoms with van der Waals surface area (Å²) >= 11 is 0. The zero-order chi connectivity index (χ0) is 22.9. The van der Waals surface area contributed by atoms with Gasteiger partial charge in [0, 0.05) is 42.2 Å². The molecule has 3 aromatic rings. The molecule has 2 amide bonds. The zero-order valence-corrected chi connectivity index (χ0v) is 18.3. The summed E-state index contributed by atoms with van der Waals surface area (Å²) < 4.78 is 31.4. The van der Waals surface area contributed by atoms with Crippen molar-refractivity contribution in [2.75, 3.05) is 18.7 Å². The number of amides is 2. The van der Waals surface area contributed by atoms with Crippen LogP contribution in [0.5, 0.6) is 0 Å². The fourth-order valence-electron chi connectivity index (χ4n) is 5.00. The Morgan fingerprint density at radius 1 is 1.18 bits per heavy atom. The number of aryl methyl sites for hydroxylation is 1. The minimum Gasteiger partial charge on any atom is -0.441 e. The topological polar surface area (TPSA) is 96.2 Å². The quantitative estimate of drug-likeness (QED) is 0.582. The molecule has 2 bridgehead atoms. The Morgan fingerprint density at radius 3 is 2.61 bits per heavy atom. The zero-order valence-electron chi connectivity index (χ0n) is 18.3. The summed E-state index contributed by atoms with van der Waals surface area (Å²) in [5, 5.41) is 6.74. The van der Waals surface area contributed by atoms with Crippen LogP contribution in [0.4, 0.5) is 19.5 Å². The van der Waals surface area contributed by atoms with Gasteiger partial charge in [0.2, 0.25) is 5.95 Å². The second-order valence-corrected chi connectivity index (χ2v) is 8.77. The van der Waals surface area contributed by atoms with Crippen LogP contribution < -0.4 is 10.6 Å². The van der Waals surface area contributed by atoms with Crippen molar-refractivity contribution in [3.05, 3.63) is 36.5 Å². The van der Waals surface area contributed by atoms with Gasteiger partial charge < -0.3 is 14.6 Å². The van der Waals surface area contributed by atoms with Crippen molar-refractivity contribution in [1.29, 1.82) is 0 Å². The van der Waals surface area contributed by atoms with Gasteiger partial charge in [0.25, 0.3) is 0 Å². The molecular weight excluding hydrogens is 430 g/mol. The molecule has 33 heavy (non-hydrogen) atoms. The molecule has 2 aliphatic heterocycles. The number of oxazole rings is 1. The number of hydrogen-bond donors (Lipinski definition) is 2. The Morgan fingerprint density at radius 2 is 1.94 bits per heavy atom. The molecule has 2 aromatic heterocycles. The summed E-state index contributed by atoms with van der Waals surface area (Å²) in [6.07, 6.45) is 6.46. The molecule has 5 rings (SSSR count). The molecule has 1 aromatic carbocycles.